The third-order valence-corrected chi connectivity index (χ3v) is 2.07. The zero-order valence-electron chi connectivity index (χ0n) is 7.69. The van der Waals surface area contributed by atoms with Crippen LogP contribution < -0.4 is 0 Å². The van der Waals surface area contributed by atoms with Gasteiger partial charge in [0.2, 0.25) is 0 Å². The van der Waals surface area contributed by atoms with Crippen molar-refractivity contribution < 1.29 is 10.2 Å². The average Bonchev–Trinajstić information content (AvgIpc) is 2.17. The molecule has 0 fully saturated rings. The Morgan fingerprint density at radius 2 is 1.77 bits per heavy atom. The molecule has 0 bridgehead atoms. The van der Waals surface area contributed by atoms with Crippen LogP contribution in [0.3, 0.4) is 0 Å². The van der Waals surface area contributed by atoms with Gasteiger partial charge in [-0.15, -0.1) is 0 Å². The zero-order valence-corrected chi connectivity index (χ0v) is 7.69. The van der Waals surface area contributed by atoms with E-state index in [1.807, 2.05) is 30.3 Å². The van der Waals surface area contributed by atoms with E-state index in [-0.39, 0.29) is 12.7 Å². The van der Waals surface area contributed by atoms with Gasteiger partial charge in [0.1, 0.15) is 0 Å². The van der Waals surface area contributed by atoms with Crippen LogP contribution in [0.25, 0.3) is 0 Å². The summed E-state index contributed by atoms with van der Waals surface area (Å²) in [6, 6.07) is 10.1. The van der Waals surface area contributed by atoms with E-state index in [1.54, 1.807) is 0 Å². The number of aliphatic hydroxyl groups is 2. The minimum absolute atomic E-state index is 0.0654. The summed E-state index contributed by atoms with van der Waals surface area (Å²) < 4.78 is 0. The first kappa shape index (κ1) is 10.2. The second kappa shape index (κ2) is 5.73. The molecule has 1 rings (SSSR count). The van der Waals surface area contributed by atoms with Gasteiger partial charge in [0.05, 0.1) is 6.10 Å². The molecule has 72 valence electrons. The first-order valence-electron chi connectivity index (χ1n) is 4.66. The quantitative estimate of drug-likeness (QED) is 0.718. The van der Waals surface area contributed by atoms with Gasteiger partial charge in [-0.3, -0.25) is 0 Å². The zero-order chi connectivity index (χ0) is 9.52. The Kier molecular flexibility index (Phi) is 4.50. The van der Waals surface area contributed by atoms with Crippen molar-refractivity contribution in [3.63, 3.8) is 0 Å². The smallest absolute Gasteiger partial charge is 0.0565 e. The maximum absolute atomic E-state index is 9.35. The monoisotopic (exact) mass is 180 g/mol. The van der Waals surface area contributed by atoms with E-state index in [2.05, 4.69) is 0 Å². The van der Waals surface area contributed by atoms with Crippen molar-refractivity contribution in [1.29, 1.82) is 0 Å². The average molecular weight is 180 g/mol. The van der Waals surface area contributed by atoms with E-state index in [1.165, 1.54) is 5.56 Å². The van der Waals surface area contributed by atoms with Crippen molar-refractivity contribution in [2.24, 2.45) is 0 Å². The summed E-state index contributed by atoms with van der Waals surface area (Å²) in [7, 11) is 0. The maximum atomic E-state index is 9.35. The molecule has 1 atom stereocenters. The van der Waals surface area contributed by atoms with Gasteiger partial charge in [-0.05, 0) is 24.8 Å². The molecule has 2 nitrogen and oxygen atoms in total. The van der Waals surface area contributed by atoms with E-state index in [4.69, 9.17) is 5.11 Å². The first-order chi connectivity index (χ1) is 6.33. The number of hydrogen-bond donors (Lipinski definition) is 2. The minimum Gasteiger partial charge on any atom is -0.396 e. The highest BCUT2D eigenvalue weighted by Gasteiger charge is 2.02. The summed E-state index contributed by atoms with van der Waals surface area (Å²) in [4.78, 5) is 0. The fraction of sp³-hybridized carbons (Fsp3) is 0.455. The number of aryl methyl sites for hydroxylation is 1. The van der Waals surface area contributed by atoms with Gasteiger partial charge in [-0.1, -0.05) is 30.3 Å². The van der Waals surface area contributed by atoms with Crippen molar-refractivity contribution in [3.8, 4) is 0 Å². The molecule has 0 heterocycles. The molecule has 0 aliphatic carbocycles. The van der Waals surface area contributed by atoms with Crippen LogP contribution in [0.2, 0.25) is 0 Å². The molecule has 0 aliphatic heterocycles. The normalized spacial score (nSPS) is 12.8. The standard InChI is InChI=1S/C11H16O2/c12-9-8-11(13)7-6-10-4-2-1-3-5-10/h1-5,11-13H,6-9H2/t11-/m1/s1. The molecule has 0 radical (unpaired) electrons. The number of aliphatic hydroxyl groups excluding tert-OH is 2. The van der Waals surface area contributed by atoms with Crippen LogP contribution in [0.5, 0.6) is 0 Å². The van der Waals surface area contributed by atoms with Gasteiger partial charge >= 0.3 is 0 Å². The summed E-state index contributed by atoms with van der Waals surface area (Å²) in [6.45, 7) is 0.0654. The van der Waals surface area contributed by atoms with Crippen LogP contribution in [0.15, 0.2) is 30.3 Å². The van der Waals surface area contributed by atoms with Crippen LogP contribution in [0, 0.1) is 0 Å². The maximum Gasteiger partial charge on any atom is 0.0565 e. The van der Waals surface area contributed by atoms with Crippen molar-refractivity contribution in [1.82, 2.24) is 0 Å². The van der Waals surface area contributed by atoms with Crippen molar-refractivity contribution in [2.45, 2.75) is 25.4 Å². The lowest BCUT2D eigenvalue weighted by Gasteiger charge is -2.07. The molecule has 1 aromatic carbocycles. The van der Waals surface area contributed by atoms with E-state index in [0.717, 1.165) is 12.8 Å². The highest BCUT2D eigenvalue weighted by Crippen LogP contribution is 2.06. The molecule has 0 saturated carbocycles. The molecule has 0 spiro atoms. The molecule has 0 unspecified atom stereocenters. The molecular formula is C11H16O2. The van der Waals surface area contributed by atoms with Crippen LogP contribution in [0.1, 0.15) is 18.4 Å². The molecule has 0 amide bonds. The van der Waals surface area contributed by atoms with Gasteiger partial charge in [-0.2, -0.15) is 0 Å². The van der Waals surface area contributed by atoms with E-state index < -0.39 is 0 Å². The highest BCUT2D eigenvalue weighted by atomic mass is 16.3. The van der Waals surface area contributed by atoms with Crippen molar-refractivity contribution >= 4 is 0 Å². The van der Waals surface area contributed by atoms with Crippen LogP contribution in [0.4, 0.5) is 0 Å². The van der Waals surface area contributed by atoms with Gasteiger partial charge in [0, 0.05) is 6.61 Å². The second-order valence-electron chi connectivity index (χ2n) is 3.19. The van der Waals surface area contributed by atoms with Crippen molar-refractivity contribution in [2.75, 3.05) is 6.61 Å². The Morgan fingerprint density at radius 1 is 1.08 bits per heavy atom. The Balaban J connectivity index is 2.27. The van der Waals surface area contributed by atoms with Crippen LogP contribution >= 0.6 is 0 Å². The van der Waals surface area contributed by atoms with E-state index >= 15 is 0 Å². The predicted octanol–water partition coefficient (Wildman–Crippen LogP) is 1.36. The molecule has 13 heavy (non-hydrogen) atoms. The summed E-state index contributed by atoms with van der Waals surface area (Å²) in [5.74, 6) is 0. The summed E-state index contributed by atoms with van der Waals surface area (Å²) in [5, 5.41) is 17.9. The van der Waals surface area contributed by atoms with Crippen LogP contribution in [-0.2, 0) is 6.42 Å². The lowest BCUT2D eigenvalue weighted by atomic mass is 10.1. The van der Waals surface area contributed by atoms with Crippen LogP contribution in [-0.4, -0.2) is 22.9 Å². The Labute approximate surface area is 78.8 Å². The van der Waals surface area contributed by atoms with Crippen molar-refractivity contribution in [3.05, 3.63) is 35.9 Å². The summed E-state index contributed by atoms with van der Waals surface area (Å²) in [6.07, 6.45) is 1.71. The van der Waals surface area contributed by atoms with E-state index in [9.17, 15) is 5.11 Å². The van der Waals surface area contributed by atoms with Gasteiger partial charge in [-0.25, -0.2) is 0 Å². The molecule has 2 heteroatoms. The molecule has 0 saturated heterocycles. The Hall–Kier alpha value is -0.860. The number of benzene rings is 1. The van der Waals surface area contributed by atoms with Gasteiger partial charge in [0.25, 0.3) is 0 Å². The lowest BCUT2D eigenvalue weighted by molar-refractivity contribution is 0.125. The molecular weight excluding hydrogens is 164 g/mol. The summed E-state index contributed by atoms with van der Waals surface area (Å²) >= 11 is 0. The number of hydrogen-bond acceptors (Lipinski definition) is 2. The predicted molar refractivity (Wildman–Crippen MR) is 52.5 cm³/mol. The highest BCUT2D eigenvalue weighted by molar-refractivity contribution is 5.14. The molecule has 0 aromatic heterocycles. The Morgan fingerprint density at radius 3 is 2.38 bits per heavy atom. The van der Waals surface area contributed by atoms with Gasteiger partial charge in [0.15, 0.2) is 0 Å². The largest absolute Gasteiger partial charge is 0.396 e. The summed E-state index contributed by atoms with van der Waals surface area (Å²) in [5.41, 5.74) is 1.24. The molecule has 0 aliphatic rings. The third-order valence-electron chi connectivity index (χ3n) is 2.07. The first-order valence-corrected chi connectivity index (χ1v) is 4.66. The Bertz CT molecular complexity index is 221. The number of rotatable bonds is 5. The van der Waals surface area contributed by atoms with E-state index in [0.29, 0.717) is 6.42 Å². The van der Waals surface area contributed by atoms with Gasteiger partial charge < -0.3 is 10.2 Å². The molecule has 1 aromatic rings. The molecule has 2 N–H and O–H groups in total. The fourth-order valence-corrected chi connectivity index (χ4v) is 1.27. The fourth-order valence-electron chi connectivity index (χ4n) is 1.27. The minimum atomic E-state index is -0.370. The second-order valence-corrected chi connectivity index (χ2v) is 3.19. The SMILES string of the molecule is OCC[C@H](O)CCc1ccccc1. The lowest BCUT2D eigenvalue weighted by Crippen LogP contribution is -2.09. The third kappa shape index (κ3) is 4.06. The topological polar surface area (TPSA) is 40.5 Å².